The van der Waals surface area contributed by atoms with Gasteiger partial charge in [-0.1, -0.05) is 6.92 Å². The third kappa shape index (κ3) is 4.10. The van der Waals surface area contributed by atoms with Gasteiger partial charge in [-0.15, -0.1) is 0 Å². The summed E-state index contributed by atoms with van der Waals surface area (Å²) in [7, 11) is 1.46. The summed E-state index contributed by atoms with van der Waals surface area (Å²) in [4.78, 5) is 24.6. The van der Waals surface area contributed by atoms with Crippen molar-refractivity contribution in [2.75, 3.05) is 7.11 Å². The van der Waals surface area contributed by atoms with Gasteiger partial charge in [0.2, 0.25) is 0 Å². The van der Waals surface area contributed by atoms with Crippen LogP contribution in [0.2, 0.25) is 0 Å². The molecule has 1 saturated heterocycles. The van der Waals surface area contributed by atoms with Crippen LogP contribution in [0, 0.1) is 28.6 Å². The molecule has 3 N–H and O–H groups in total. The maximum Gasteiger partial charge on any atom is 0.335 e. The molecule has 1 aliphatic heterocycles. The highest BCUT2D eigenvalue weighted by Crippen LogP contribution is 2.70. The van der Waals surface area contributed by atoms with E-state index < -0.39 is 41.7 Å². The summed E-state index contributed by atoms with van der Waals surface area (Å²) < 4.78 is 22.6. The Morgan fingerprint density at radius 2 is 1.82 bits per heavy atom. The topological polar surface area (TPSA) is 136 Å². The minimum atomic E-state index is -1.11. The van der Waals surface area contributed by atoms with E-state index in [2.05, 4.69) is 6.92 Å². The van der Waals surface area contributed by atoms with Crippen molar-refractivity contribution in [3.63, 3.8) is 0 Å². The third-order valence-electron chi connectivity index (χ3n) is 12.1. The summed E-state index contributed by atoms with van der Waals surface area (Å²) in [6, 6.07) is 3.30. The molecule has 1 aromatic heterocycles. The molecule has 0 aromatic carbocycles. The maximum absolute atomic E-state index is 13.0. The summed E-state index contributed by atoms with van der Waals surface area (Å²) in [5.41, 5.74) is -1.12. The van der Waals surface area contributed by atoms with Crippen LogP contribution in [-0.4, -0.2) is 71.1 Å². The molecule has 0 spiro atoms. The molecular weight excluding hydrogens is 516 g/mol. The van der Waals surface area contributed by atoms with Gasteiger partial charge in [-0.2, -0.15) is 0 Å². The van der Waals surface area contributed by atoms with Crippen molar-refractivity contribution in [1.82, 2.24) is 0 Å². The van der Waals surface area contributed by atoms with Crippen LogP contribution in [0.5, 0.6) is 0 Å². The molecule has 5 fully saturated rings. The van der Waals surface area contributed by atoms with E-state index >= 15 is 0 Å². The lowest BCUT2D eigenvalue weighted by atomic mass is 9.43. The van der Waals surface area contributed by atoms with E-state index in [1.165, 1.54) is 19.5 Å². The first-order valence-corrected chi connectivity index (χ1v) is 15.1. The molecule has 6 rings (SSSR count). The molecule has 13 atom stereocenters. The highest BCUT2D eigenvalue weighted by Gasteiger charge is 2.68. The van der Waals surface area contributed by atoms with Crippen LogP contribution < -0.4 is 5.63 Å². The Morgan fingerprint density at radius 1 is 1.02 bits per heavy atom. The van der Waals surface area contributed by atoms with Crippen molar-refractivity contribution in [3.05, 3.63) is 34.4 Å². The zero-order valence-electron chi connectivity index (χ0n) is 23.7. The number of fused-ring (bicyclic) bond motifs is 5. The van der Waals surface area contributed by atoms with Crippen molar-refractivity contribution in [2.24, 2.45) is 28.6 Å². The van der Waals surface area contributed by atoms with Crippen LogP contribution in [0.4, 0.5) is 0 Å². The number of carbonyl (C=O) groups excluding carboxylic acids is 1. The molecule has 0 radical (unpaired) electrons. The number of methoxy groups -OCH3 is 1. The van der Waals surface area contributed by atoms with Gasteiger partial charge in [-0.05, 0) is 100 Å². The quantitative estimate of drug-likeness (QED) is 0.367. The van der Waals surface area contributed by atoms with Gasteiger partial charge in [0.1, 0.15) is 24.6 Å². The van der Waals surface area contributed by atoms with Crippen LogP contribution >= 0.6 is 0 Å². The highest BCUT2D eigenvalue weighted by molar-refractivity contribution is 5.62. The lowest BCUT2D eigenvalue weighted by Crippen LogP contribution is -2.63. The molecule has 4 aliphatic carbocycles. The van der Waals surface area contributed by atoms with Crippen LogP contribution in [0.25, 0.3) is 0 Å². The summed E-state index contributed by atoms with van der Waals surface area (Å²) in [6.07, 6.45) is 5.26. The smallest absolute Gasteiger partial charge is 0.335 e. The fourth-order valence-corrected chi connectivity index (χ4v) is 9.91. The van der Waals surface area contributed by atoms with Gasteiger partial charge in [0.15, 0.2) is 6.29 Å². The molecule has 0 unspecified atom stereocenters. The van der Waals surface area contributed by atoms with E-state index in [0.717, 1.165) is 37.7 Å². The van der Waals surface area contributed by atoms with Gasteiger partial charge in [0.05, 0.1) is 24.1 Å². The Morgan fingerprint density at radius 3 is 2.52 bits per heavy atom. The maximum atomic E-state index is 13.0. The first kappa shape index (κ1) is 28.5. The van der Waals surface area contributed by atoms with Crippen molar-refractivity contribution < 1.29 is 38.7 Å². The molecule has 40 heavy (non-hydrogen) atoms. The molecule has 222 valence electrons. The van der Waals surface area contributed by atoms with Crippen molar-refractivity contribution >= 4 is 6.29 Å². The Hall–Kier alpha value is -1.62. The first-order chi connectivity index (χ1) is 19.1. The van der Waals surface area contributed by atoms with Gasteiger partial charge in [0, 0.05) is 24.0 Å². The average molecular weight is 561 g/mol. The summed E-state index contributed by atoms with van der Waals surface area (Å²) in [5, 5.41) is 33.5. The van der Waals surface area contributed by atoms with E-state index in [4.69, 9.17) is 18.6 Å². The first-order valence-electron chi connectivity index (χ1n) is 15.1. The lowest BCUT2D eigenvalue weighted by molar-refractivity contribution is -0.312. The van der Waals surface area contributed by atoms with Crippen molar-refractivity contribution in [1.29, 1.82) is 0 Å². The van der Waals surface area contributed by atoms with Crippen LogP contribution in [0.1, 0.15) is 83.1 Å². The second-order valence-corrected chi connectivity index (χ2v) is 13.5. The number of ether oxygens (including phenoxy) is 3. The average Bonchev–Trinajstić information content (AvgIpc) is 3.23. The lowest BCUT2D eigenvalue weighted by Gasteiger charge is -2.63. The third-order valence-corrected chi connectivity index (χ3v) is 12.1. The second kappa shape index (κ2) is 10.3. The van der Waals surface area contributed by atoms with Gasteiger partial charge in [-0.3, -0.25) is 0 Å². The summed E-state index contributed by atoms with van der Waals surface area (Å²) in [5.74, 6) is 0.398. The molecule has 1 aromatic rings. The summed E-state index contributed by atoms with van der Waals surface area (Å²) >= 11 is 0. The van der Waals surface area contributed by atoms with E-state index in [1.807, 2.05) is 6.07 Å². The molecule has 0 bridgehead atoms. The monoisotopic (exact) mass is 560 g/mol. The molecule has 9 nitrogen and oxygen atoms in total. The minimum Gasteiger partial charge on any atom is -0.431 e. The molecule has 0 amide bonds. The minimum absolute atomic E-state index is 0.0409. The number of rotatable bonds is 5. The number of aliphatic hydroxyl groups is 3. The Kier molecular flexibility index (Phi) is 7.32. The SMILES string of the molecule is CO[C@H]1[C@H](O)[C@@H](O[C@H]2CC[C@@]3(C=O)[C@@H](CC[C@@H]4[C@H]3CC[C@]3(C)[C@@H](c5ccc(=O)oc5)CC[C@]43O)C2)O[C@@H](C)[C@H]1O. The van der Waals surface area contributed by atoms with Crippen molar-refractivity contribution in [2.45, 2.75) is 120 Å². The molecule has 5 aliphatic rings. The largest absolute Gasteiger partial charge is 0.431 e. The summed E-state index contributed by atoms with van der Waals surface area (Å²) in [6.45, 7) is 3.93. The molecule has 2 heterocycles. The number of carbonyl (C=O) groups is 1. The van der Waals surface area contributed by atoms with Gasteiger partial charge >= 0.3 is 5.63 Å². The molecule has 4 saturated carbocycles. The fraction of sp³-hybridized carbons (Fsp3) is 0.806. The number of hydrogen-bond acceptors (Lipinski definition) is 9. The van der Waals surface area contributed by atoms with Crippen LogP contribution in [0.3, 0.4) is 0 Å². The predicted octanol–water partition coefficient (Wildman–Crippen LogP) is 2.93. The van der Waals surface area contributed by atoms with Gasteiger partial charge in [0.25, 0.3) is 0 Å². The van der Waals surface area contributed by atoms with Crippen LogP contribution in [-0.2, 0) is 19.0 Å². The molecular formula is C31H44O9. The fourth-order valence-electron chi connectivity index (χ4n) is 9.91. The van der Waals surface area contributed by atoms with E-state index in [9.17, 15) is 24.9 Å². The number of aldehydes is 1. The number of hydrogen-bond donors (Lipinski definition) is 3. The Labute approximate surface area is 235 Å². The van der Waals surface area contributed by atoms with Gasteiger partial charge in [-0.25, -0.2) is 4.79 Å². The zero-order valence-corrected chi connectivity index (χ0v) is 23.7. The highest BCUT2D eigenvalue weighted by atomic mass is 16.7. The standard InChI is InChI=1S/C31H44O9/c1-17-25(34)27(37-3)26(35)28(39-17)40-20-8-12-30(16-32)19(14-20)5-6-23-22(30)9-11-29(2)21(10-13-31(23,29)36)18-4-7-24(33)38-15-18/h4,7,15-17,19-23,25-28,34-36H,5-6,8-14H2,1-3H3/t17-,19-,20-,21+,22+,23+,25+,26-,27+,28+,29+,30+,31-/m0/s1. The number of aliphatic hydroxyl groups excluding tert-OH is 2. The Bertz CT molecular complexity index is 1130. The van der Waals surface area contributed by atoms with E-state index in [0.29, 0.717) is 25.7 Å². The zero-order chi connectivity index (χ0) is 28.4. The van der Waals surface area contributed by atoms with E-state index in [-0.39, 0.29) is 40.8 Å². The predicted molar refractivity (Wildman–Crippen MR) is 143 cm³/mol. The van der Waals surface area contributed by atoms with Crippen molar-refractivity contribution in [3.8, 4) is 0 Å². The Balaban J connectivity index is 1.19. The normalized spacial score (nSPS) is 50.5. The second-order valence-electron chi connectivity index (χ2n) is 13.5. The molecule has 9 heteroatoms. The van der Waals surface area contributed by atoms with Crippen LogP contribution in [0.15, 0.2) is 27.6 Å². The van der Waals surface area contributed by atoms with Gasteiger partial charge < -0.3 is 38.7 Å². The van der Waals surface area contributed by atoms with E-state index in [1.54, 1.807) is 13.2 Å².